The highest BCUT2D eigenvalue weighted by atomic mass is 35.5. The van der Waals surface area contributed by atoms with Crippen molar-refractivity contribution in [1.29, 1.82) is 0 Å². The standard InChI is InChI=1S/C18H24ClNO3S/c1-6-7-14(2)8-10-16(4)20-18(21)15(3)9-11-17(12-13-19)24(5,22)23/h6-13H,1-5H3,(H,20,21)/b7-6-,13-12+,14-8-,15-9+,16-10+,17-11+. The number of rotatable bonds is 7. The average molecular weight is 370 g/mol. The molecule has 1 N–H and O–H groups in total. The van der Waals surface area contributed by atoms with Gasteiger partial charge in [0.25, 0.3) is 5.91 Å². The first-order valence-corrected chi connectivity index (χ1v) is 9.59. The van der Waals surface area contributed by atoms with E-state index in [2.05, 4.69) is 5.32 Å². The summed E-state index contributed by atoms with van der Waals surface area (Å²) < 4.78 is 23.1. The summed E-state index contributed by atoms with van der Waals surface area (Å²) in [5.74, 6) is -0.306. The molecule has 24 heavy (non-hydrogen) atoms. The van der Waals surface area contributed by atoms with E-state index in [0.29, 0.717) is 11.3 Å². The van der Waals surface area contributed by atoms with Crippen LogP contribution >= 0.6 is 11.6 Å². The van der Waals surface area contributed by atoms with Crippen molar-refractivity contribution < 1.29 is 13.2 Å². The molecule has 0 heterocycles. The molecular formula is C18H24ClNO3S. The van der Waals surface area contributed by atoms with Gasteiger partial charge in [0, 0.05) is 23.1 Å². The number of nitrogens with one attached hydrogen (secondary N) is 1. The Kier molecular flexibility index (Phi) is 10.0. The van der Waals surface area contributed by atoms with Gasteiger partial charge in [0.05, 0.1) is 4.91 Å². The fourth-order valence-electron chi connectivity index (χ4n) is 1.54. The van der Waals surface area contributed by atoms with Crippen LogP contribution in [0.4, 0.5) is 0 Å². The normalized spacial score (nSPS) is 15.4. The van der Waals surface area contributed by atoms with Crippen molar-refractivity contribution in [3.8, 4) is 0 Å². The summed E-state index contributed by atoms with van der Waals surface area (Å²) in [6.07, 6.45) is 12.7. The van der Waals surface area contributed by atoms with Crippen LogP contribution in [0.25, 0.3) is 0 Å². The van der Waals surface area contributed by atoms with Gasteiger partial charge in [0.2, 0.25) is 0 Å². The number of allylic oxidation sites excluding steroid dienone is 9. The van der Waals surface area contributed by atoms with Crippen LogP contribution in [0.1, 0.15) is 27.7 Å². The van der Waals surface area contributed by atoms with Gasteiger partial charge in [-0.05, 0) is 45.9 Å². The minimum absolute atomic E-state index is 0.0295. The largest absolute Gasteiger partial charge is 0.326 e. The van der Waals surface area contributed by atoms with Gasteiger partial charge in [0.1, 0.15) is 0 Å². The van der Waals surface area contributed by atoms with Crippen molar-refractivity contribution in [1.82, 2.24) is 5.32 Å². The quantitative estimate of drug-likeness (QED) is 0.541. The molecule has 0 aromatic heterocycles. The molecule has 132 valence electrons. The fraction of sp³-hybridized carbons (Fsp3) is 0.278. The Morgan fingerprint density at radius 2 is 1.62 bits per heavy atom. The SMILES string of the molecule is C\C=C/C(C)=C\C=C(/C)NC(=O)/C(C)=C/C=C(\C=C\Cl)S(C)(=O)=O. The second kappa shape index (κ2) is 10.8. The molecule has 4 nitrogen and oxygen atoms in total. The van der Waals surface area contributed by atoms with E-state index in [9.17, 15) is 13.2 Å². The lowest BCUT2D eigenvalue weighted by molar-refractivity contribution is -0.116. The zero-order valence-corrected chi connectivity index (χ0v) is 16.2. The molecule has 0 fully saturated rings. The zero-order chi connectivity index (χ0) is 18.8. The van der Waals surface area contributed by atoms with Crippen molar-refractivity contribution in [2.45, 2.75) is 27.7 Å². The lowest BCUT2D eigenvalue weighted by Crippen LogP contribution is -2.21. The second-order valence-electron chi connectivity index (χ2n) is 5.20. The van der Waals surface area contributed by atoms with E-state index in [1.807, 2.05) is 32.1 Å². The predicted octanol–water partition coefficient (Wildman–Crippen LogP) is 4.16. The molecule has 0 aliphatic heterocycles. The molecule has 0 unspecified atom stereocenters. The molecular weight excluding hydrogens is 346 g/mol. The van der Waals surface area contributed by atoms with E-state index in [4.69, 9.17) is 11.6 Å². The number of carbonyl (C=O) groups is 1. The van der Waals surface area contributed by atoms with Gasteiger partial charge in [-0.3, -0.25) is 4.79 Å². The molecule has 1 amide bonds. The maximum Gasteiger partial charge on any atom is 0.251 e. The maximum atomic E-state index is 12.1. The van der Waals surface area contributed by atoms with Crippen LogP contribution in [0.3, 0.4) is 0 Å². The summed E-state index contributed by atoms with van der Waals surface area (Å²) in [5.41, 5.74) is 3.24. The smallest absolute Gasteiger partial charge is 0.251 e. The number of amides is 1. The lowest BCUT2D eigenvalue weighted by atomic mass is 10.2. The molecule has 0 aromatic rings. The Labute approximate surface area is 149 Å². The van der Waals surface area contributed by atoms with Crippen molar-refractivity contribution in [2.75, 3.05) is 6.26 Å². The molecule has 0 saturated heterocycles. The molecule has 0 saturated carbocycles. The van der Waals surface area contributed by atoms with Crippen LogP contribution < -0.4 is 5.32 Å². The minimum Gasteiger partial charge on any atom is -0.326 e. The molecule has 0 aliphatic carbocycles. The number of carbonyl (C=O) groups excluding carboxylic acids is 1. The summed E-state index contributed by atoms with van der Waals surface area (Å²) in [7, 11) is -3.41. The van der Waals surface area contributed by atoms with Crippen molar-refractivity contribution in [2.24, 2.45) is 0 Å². The molecule has 0 rings (SSSR count). The average Bonchev–Trinajstić information content (AvgIpc) is 2.48. The van der Waals surface area contributed by atoms with E-state index in [0.717, 1.165) is 17.4 Å². The lowest BCUT2D eigenvalue weighted by Gasteiger charge is -2.04. The fourth-order valence-corrected chi connectivity index (χ4v) is 2.38. The van der Waals surface area contributed by atoms with Crippen LogP contribution in [0.5, 0.6) is 0 Å². The Morgan fingerprint density at radius 1 is 1.00 bits per heavy atom. The third-order valence-electron chi connectivity index (χ3n) is 2.85. The van der Waals surface area contributed by atoms with Crippen molar-refractivity contribution in [3.63, 3.8) is 0 Å². The maximum absolute atomic E-state index is 12.1. The second-order valence-corrected chi connectivity index (χ2v) is 7.47. The van der Waals surface area contributed by atoms with Gasteiger partial charge in [0.15, 0.2) is 9.84 Å². The van der Waals surface area contributed by atoms with Gasteiger partial charge in [-0.1, -0.05) is 41.5 Å². The first-order chi connectivity index (χ1) is 11.1. The molecule has 0 radical (unpaired) electrons. The summed E-state index contributed by atoms with van der Waals surface area (Å²) in [5, 5.41) is 2.73. The minimum atomic E-state index is -3.41. The Bertz CT molecular complexity index is 736. The third kappa shape index (κ3) is 9.33. The van der Waals surface area contributed by atoms with Crippen LogP contribution in [-0.4, -0.2) is 20.6 Å². The molecule has 0 bridgehead atoms. The van der Waals surface area contributed by atoms with Crippen molar-refractivity contribution >= 4 is 27.3 Å². The third-order valence-corrected chi connectivity index (χ3v) is 4.10. The molecule has 6 heteroatoms. The first kappa shape index (κ1) is 22.2. The Morgan fingerprint density at radius 3 is 2.12 bits per heavy atom. The van der Waals surface area contributed by atoms with Gasteiger partial charge in [-0.2, -0.15) is 0 Å². The molecule has 0 aliphatic rings. The van der Waals surface area contributed by atoms with Gasteiger partial charge in [-0.15, -0.1) is 0 Å². The van der Waals surface area contributed by atoms with E-state index in [1.54, 1.807) is 19.9 Å². The topological polar surface area (TPSA) is 63.2 Å². The summed E-state index contributed by atoms with van der Waals surface area (Å²) in [6.45, 7) is 7.27. The highest BCUT2D eigenvalue weighted by Crippen LogP contribution is 2.09. The van der Waals surface area contributed by atoms with Gasteiger partial charge < -0.3 is 5.32 Å². The van der Waals surface area contributed by atoms with Gasteiger partial charge >= 0.3 is 0 Å². The predicted molar refractivity (Wildman–Crippen MR) is 102 cm³/mol. The van der Waals surface area contributed by atoms with E-state index in [-0.39, 0.29) is 10.8 Å². The van der Waals surface area contributed by atoms with E-state index < -0.39 is 9.84 Å². The first-order valence-electron chi connectivity index (χ1n) is 7.26. The number of sulfone groups is 1. The molecule has 0 spiro atoms. The van der Waals surface area contributed by atoms with Gasteiger partial charge in [-0.25, -0.2) is 8.42 Å². The van der Waals surface area contributed by atoms with Crippen LogP contribution in [-0.2, 0) is 14.6 Å². The highest BCUT2D eigenvalue weighted by molar-refractivity contribution is 7.94. The van der Waals surface area contributed by atoms with Crippen LogP contribution in [0.2, 0.25) is 0 Å². The molecule has 0 atom stereocenters. The zero-order valence-electron chi connectivity index (χ0n) is 14.6. The Balaban J connectivity index is 5.18. The summed E-state index contributed by atoms with van der Waals surface area (Å²) >= 11 is 5.43. The number of halogens is 1. The number of hydrogen-bond acceptors (Lipinski definition) is 3. The summed E-state index contributed by atoms with van der Waals surface area (Å²) in [6, 6.07) is 0. The highest BCUT2D eigenvalue weighted by Gasteiger charge is 2.08. The summed E-state index contributed by atoms with van der Waals surface area (Å²) in [4.78, 5) is 12.1. The monoisotopic (exact) mass is 369 g/mol. The van der Waals surface area contributed by atoms with E-state index in [1.165, 1.54) is 18.2 Å². The van der Waals surface area contributed by atoms with E-state index >= 15 is 0 Å². The van der Waals surface area contributed by atoms with Crippen molar-refractivity contribution in [3.05, 3.63) is 69.8 Å². The number of hydrogen-bond donors (Lipinski definition) is 1. The van der Waals surface area contributed by atoms with Crippen LogP contribution in [0, 0.1) is 0 Å². The molecule has 0 aromatic carbocycles. The van der Waals surface area contributed by atoms with Crippen LogP contribution in [0.15, 0.2) is 69.8 Å². The Hall–Kier alpha value is -1.85.